The van der Waals surface area contributed by atoms with E-state index in [1.165, 1.54) is 6.42 Å². The van der Waals surface area contributed by atoms with Crippen molar-refractivity contribution in [3.05, 3.63) is 97.2 Å². The summed E-state index contributed by atoms with van der Waals surface area (Å²) in [5.41, 5.74) is 0. The van der Waals surface area contributed by atoms with Crippen LogP contribution < -0.4 is 0 Å². The third-order valence-corrected chi connectivity index (χ3v) is 2.46. The van der Waals surface area contributed by atoms with Crippen molar-refractivity contribution in [3.63, 3.8) is 0 Å². The lowest BCUT2D eigenvalue weighted by Crippen LogP contribution is -1.68. The van der Waals surface area contributed by atoms with Crippen LogP contribution in [0.3, 0.4) is 0 Å². The molecule has 0 aromatic carbocycles. The van der Waals surface area contributed by atoms with Gasteiger partial charge in [-0.3, -0.25) is 0 Å². The molecule has 0 atom stereocenters. The normalized spacial score (nSPS) is 29.1. The van der Waals surface area contributed by atoms with E-state index in [1.807, 2.05) is 60.8 Å². The topological polar surface area (TPSA) is 0 Å². The molecular formula is C19H22. The zero-order valence-electron chi connectivity index (χ0n) is 11.4. The van der Waals surface area contributed by atoms with Gasteiger partial charge in [-0.15, -0.1) is 0 Å². The van der Waals surface area contributed by atoms with Gasteiger partial charge in [0.15, 0.2) is 0 Å². The molecule has 0 nitrogen and oxygen atoms in total. The van der Waals surface area contributed by atoms with Crippen molar-refractivity contribution < 1.29 is 0 Å². The van der Waals surface area contributed by atoms with E-state index < -0.39 is 0 Å². The molecule has 0 fully saturated rings. The highest BCUT2D eigenvalue weighted by Crippen LogP contribution is 1.98. The smallest absolute Gasteiger partial charge is 0.0345 e. The molecule has 0 spiro atoms. The fourth-order valence-electron chi connectivity index (χ4n) is 1.47. The first-order valence-corrected chi connectivity index (χ1v) is 6.82. The molecule has 0 radical (unpaired) electrons. The van der Waals surface area contributed by atoms with Crippen LogP contribution in [0.4, 0.5) is 0 Å². The van der Waals surface area contributed by atoms with Crippen molar-refractivity contribution >= 4 is 0 Å². The molecule has 0 unspecified atom stereocenters. The Bertz CT molecular complexity index is 393. The van der Waals surface area contributed by atoms with Gasteiger partial charge in [-0.05, 0) is 19.3 Å². The van der Waals surface area contributed by atoms with E-state index in [2.05, 4.69) is 36.5 Å². The second-order valence-corrected chi connectivity index (χ2v) is 4.10. The average molecular weight is 250 g/mol. The molecule has 19 heavy (non-hydrogen) atoms. The number of hydrogen-bond donors (Lipinski definition) is 0. The summed E-state index contributed by atoms with van der Waals surface area (Å²) >= 11 is 0. The largest absolute Gasteiger partial charge is 0.0845 e. The predicted molar refractivity (Wildman–Crippen MR) is 87.0 cm³/mol. The summed E-state index contributed by atoms with van der Waals surface area (Å²) in [7, 11) is 0. The summed E-state index contributed by atoms with van der Waals surface area (Å²) in [6.07, 6.45) is 36.5. The average Bonchev–Trinajstić information content (AvgIpc) is 2.43. The molecular weight excluding hydrogens is 228 g/mol. The number of rotatable bonds is 0. The Morgan fingerprint density at radius 2 is 0.579 bits per heavy atom. The molecule has 0 saturated heterocycles. The molecule has 1 aliphatic carbocycles. The highest BCUT2D eigenvalue weighted by Gasteiger charge is 1.78. The summed E-state index contributed by atoms with van der Waals surface area (Å²) < 4.78 is 0. The quantitative estimate of drug-likeness (QED) is 0.523. The SMILES string of the molecule is C1=CCCC/C=C/C=C\C=C\C=C\C=C/C=C/C=C/1. The zero-order valence-corrected chi connectivity index (χ0v) is 11.4. The van der Waals surface area contributed by atoms with Crippen LogP contribution >= 0.6 is 0 Å². The maximum absolute atomic E-state index is 2.21. The molecule has 0 aromatic rings. The molecule has 0 aromatic heterocycles. The van der Waals surface area contributed by atoms with E-state index >= 15 is 0 Å². The van der Waals surface area contributed by atoms with Crippen molar-refractivity contribution in [1.29, 1.82) is 0 Å². The first-order valence-electron chi connectivity index (χ1n) is 6.82. The van der Waals surface area contributed by atoms with Gasteiger partial charge in [0, 0.05) is 0 Å². The van der Waals surface area contributed by atoms with Crippen molar-refractivity contribution in [3.8, 4) is 0 Å². The molecule has 98 valence electrons. The molecule has 0 heterocycles. The van der Waals surface area contributed by atoms with Crippen LogP contribution in [0.15, 0.2) is 97.2 Å². The highest BCUT2D eigenvalue weighted by atomic mass is 13.8. The first-order chi connectivity index (χ1) is 9.50. The Balaban J connectivity index is 2.54. The van der Waals surface area contributed by atoms with Gasteiger partial charge in [0.05, 0.1) is 0 Å². The lowest BCUT2D eigenvalue weighted by molar-refractivity contribution is 0.868. The minimum absolute atomic E-state index is 1.13. The van der Waals surface area contributed by atoms with E-state index in [-0.39, 0.29) is 0 Å². The zero-order chi connectivity index (χ0) is 13.4. The van der Waals surface area contributed by atoms with Crippen molar-refractivity contribution in [2.24, 2.45) is 0 Å². The van der Waals surface area contributed by atoms with Crippen molar-refractivity contribution in [2.75, 3.05) is 0 Å². The summed E-state index contributed by atoms with van der Waals surface area (Å²) in [5, 5.41) is 0. The van der Waals surface area contributed by atoms with E-state index in [1.54, 1.807) is 0 Å². The second-order valence-electron chi connectivity index (χ2n) is 4.10. The minimum Gasteiger partial charge on any atom is -0.0845 e. The number of hydrogen-bond acceptors (Lipinski definition) is 0. The molecule has 0 amide bonds. The lowest BCUT2D eigenvalue weighted by Gasteiger charge is -1.88. The van der Waals surface area contributed by atoms with Crippen LogP contribution in [0, 0.1) is 0 Å². The Hall–Kier alpha value is -2.08. The van der Waals surface area contributed by atoms with Gasteiger partial charge in [0.25, 0.3) is 0 Å². The van der Waals surface area contributed by atoms with E-state index in [9.17, 15) is 0 Å². The summed E-state index contributed by atoms with van der Waals surface area (Å²) in [5.74, 6) is 0. The molecule has 1 rings (SSSR count). The Kier molecular flexibility index (Phi) is 9.76. The van der Waals surface area contributed by atoms with Crippen LogP contribution in [0.5, 0.6) is 0 Å². The number of allylic oxidation sites excluding steroid dienone is 16. The second kappa shape index (κ2) is 12.4. The Morgan fingerprint density at radius 3 is 0.895 bits per heavy atom. The lowest BCUT2D eigenvalue weighted by atomic mass is 10.2. The molecule has 0 aliphatic heterocycles. The van der Waals surface area contributed by atoms with Gasteiger partial charge in [-0.25, -0.2) is 0 Å². The van der Waals surface area contributed by atoms with Gasteiger partial charge < -0.3 is 0 Å². The highest BCUT2D eigenvalue weighted by molar-refractivity contribution is 5.21. The third kappa shape index (κ3) is 10.8. The summed E-state index contributed by atoms with van der Waals surface area (Å²) in [6.45, 7) is 0. The van der Waals surface area contributed by atoms with Crippen LogP contribution in [-0.4, -0.2) is 0 Å². The fourth-order valence-corrected chi connectivity index (χ4v) is 1.47. The van der Waals surface area contributed by atoms with Crippen molar-refractivity contribution in [1.82, 2.24) is 0 Å². The van der Waals surface area contributed by atoms with Crippen LogP contribution in [-0.2, 0) is 0 Å². The maximum Gasteiger partial charge on any atom is -0.0345 e. The standard InChI is InChI=1S/C19H22/c1-2-4-6-8-10-12-14-16-18-19-17-15-13-11-9-7-5-3-1/h1-16H,17-19H2/b3-1-,4-2+,7-5+,8-6+,11-9+,12-10-,15-13?,16-14+. The van der Waals surface area contributed by atoms with Gasteiger partial charge in [0.2, 0.25) is 0 Å². The van der Waals surface area contributed by atoms with Gasteiger partial charge in [-0.1, -0.05) is 97.2 Å². The monoisotopic (exact) mass is 250 g/mol. The van der Waals surface area contributed by atoms with Gasteiger partial charge in [-0.2, -0.15) is 0 Å². The third-order valence-electron chi connectivity index (χ3n) is 2.46. The molecule has 0 N–H and O–H groups in total. The Morgan fingerprint density at radius 1 is 0.316 bits per heavy atom. The molecule has 0 heteroatoms. The summed E-state index contributed by atoms with van der Waals surface area (Å²) in [4.78, 5) is 0. The van der Waals surface area contributed by atoms with Crippen LogP contribution in [0.1, 0.15) is 19.3 Å². The van der Waals surface area contributed by atoms with Gasteiger partial charge >= 0.3 is 0 Å². The fraction of sp³-hybridized carbons (Fsp3) is 0.158. The minimum atomic E-state index is 1.13. The van der Waals surface area contributed by atoms with E-state index in [0.29, 0.717) is 0 Å². The first kappa shape index (κ1) is 15.0. The van der Waals surface area contributed by atoms with E-state index in [0.717, 1.165) is 12.8 Å². The van der Waals surface area contributed by atoms with Crippen LogP contribution in [0.2, 0.25) is 0 Å². The maximum atomic E-state index is 2.21. The Labute approximate surface area is 117 Å². The van der Waals surface area contributed by atoms with Crippen LogP contribution in [0.25, 0.3) is 0 Å². The van der Waals surface area contributed by atoms with Gasteiger partial charge in [0.1, 0.15) is 0 Å². The molecule has 1 aliphatic rings. The van der Waals surface area contributed by atoms with E-state index in [4.69, 9.17) is 0 Å². The predicted octanol–water partition coefficient (Wildman–Crippen LogP) is 5.62. The molecule has 0 bridgehead atoms. The summed E-state index contributed by atoms with van der Waals surface area (Å²) in [6, 6.07) is 0. The molecule has 0 saturated carbocycles. The van der Waals surface area contributed by atoms with Crippen molar-refractivity contribution in [2.45, 2.75) is 19.3 Å².